The van der Waals surface area contributed by atoms with Gasteiger partial charge in [0.1, 0.15) is 0 Å². The molecule has 0 spiro atoms. The van der Waals surface area contributed by atoms with Crippen LogP contribution in [0.25, 0.3) is 0 Å². The van der Waals surface area contributed by atoms with Crippen molar-refractivity contribution in [3.8, 4) is 0 Å². The van der Waals surface area contributed by atoms with E-state index in [-0.39, 0.29) is 22.8 Å². The van der Waals surface area contributed by atoms with E-state index in [9.17, 15) is 4.79 Å². The minimum absolute atomic E-state index is 0.00708. The lowest BCUT2D eigenvalue weighted by molar-refractivity contribution is -0.122. The van der Waals surface area contributed by atoms with Crippen molar-refractivity contribution >= 4 is 5.91 Å². The van der Waals surface area contributed by atoms with E-state index in [2.05, 4.69) is 59.0 Å². The highest BCUT2D eigenvalue weighted by molar-refractivity contribution is 5.75. The summed E-state index contributed by atoms with van der Waals surface area (Å²) in [5, 5.41) is 3.10. The van der Waals surface area contributed by atoms with Crippen LogP contribution in [0, 0.1) is 10.8 Å². The smallest absolute Gasteiger partial charge is 0.219 e. The second-order valence-electron chi connectivity index (χ2n) is 6.40. The summed E-state index contributed by atoms with van der Waals surface area (Å²) in [4.78, 5) is 11.5. The van der Waals surface area contributed by atoms with Crippen molar-refractivity contribution in [3.05, 3.63) is 12.2 Å². The Bertz CT molecular complexity index is 271. The summed E-state index contributed by atoms with van der Waals surface area (Å²) < 4.78 is 0. The molecule has 2 heteroatoms. The van der Waals surface area contributed by atoms with Gasteiger partial charge in [-0.15, -0.1) is 0 Å². The van der Waals surface area contributed by atoms with Crippen molar-refractivity contribution in [2.24, 2.45) is 10.8 Å². The predicted molar refractivity (Wildman–Crippen MR) is 74.9 cm³/mol. The van der Waals surface area contributed by atoms with Crippen LogP contribution in [0.4, 0.5) is 0 Å². The Morgan fingerprint density at radius 3 is 2.00 bits per heavy atom. The lowest BCUT2D eigenvalue weighted by Gasteiger charge is -2.32. The molecule has 1 atom stereocenters. The third kappa shape index (κ3) is 6.50. The molecule has 0 rings (SSSR count). The number of hydrogen-bond acceptors (Lipinski definition) is 1. The molecular weight excluding hydrogens is 210 g/mol. The summed E-state index contributed by atoms with van der Waals surface area (Å²) in [6.45, 7) is 14.9. The fraction of sp³-hybridized carbons (Fsp3) is 0.800. The number of hydrogen-bond donors (Lipinski definition) is 1. The van der Waals surface area contributed by atoms with E-state index >= 15 is 0 Å². The maximum absolute atomic E-state index is 11.5. The Morgan fingerprint density at radius 1 is 1.12 bits per heavy atom. The highest BCUT2D eigenvalue weighted by Crippen LogP contribution is 2.27. The van der Waals surface area contributed by atoms with Crippen molar-refractivity contribution in [1.82, 2.24) is 5.32 Å². The van der Waals surface area contributed by atoms with Crippen LogP contribution >= 0.6 is 0 Å². The monoisotopic (exact) mass is 239 g/mol. The highest BCUT2D eigenvalue weighted by Gasteiger charge is 2.27. The van der Waals surface area contributed by atoms with Gasteiger partial charge in [-0.25, -0.2) is 0 Å². The van der Waals surface area contributed by atoms with E-state index in [1.54, 1.807) is 0 Å². The summed E-state index contributed by atoms with van der Waals surface area (Å²) in [6.07, 6.45) is 5.97. The third-order valence-electron chi connectivity index (χ3n) is 2.98. The standard InChI is InChI=1S/C15H29NO/c1-8-12(16-13(17)9-2)15(6,7)11-10-14(3,4)5/h10-12H,8-9H2,1-7H3,(H,16,17)/b11-10+. The normalized spacial score (nSPS) is 15.0. The summed E-state index contributed by atoms with van der Waals surface area (Å²) in [5.74, 6) is 0.133. The van der Waals surface area contributed by atoms with Gasteiger partial charge in [0.2, 0.25) is 5.91 Å². The van der Waals surface area contributed by atoms with Crippen LogP contribution < -0.4 is 5.32 Å². The number of carbonyl (C=O) groups excluding carboxylic acids is 1. The molecule has 0 aliphatic carbocycles. The minimum Gasteiger partial charge on any atom is -0.353 e. The number of rotatable bonds is 5. The van der Waals surface area contributed by atoms with Gasteiger partial charge in [-0.3, -0.25) is 4.79 Å². The first-order valence-corrected chi connectivity index (χ1v) is 6.62. The Labute approximate surface area is 107 Å². The molecule has 2 nitrogen and oxygen atoms in total. The van der Waals surface area contributed by atoms with E-state index in [0.717, 1.165) is 6.42 Å². The van der Waals surface area contributed by atoms with Gasteiger partial charge in [0.05, 0.1) is 0 Å². The Balaban J connectivity index is 4.74. The number of carbonyl (C=O) groups is 1. The average molecular weight is 239 g/mol. The molecule has 0 bridgehead atoms. The van der Waals surface area contributed by atoms with Crippen molar-refractivity contribution in [1.29, 1.82) is 0 Å². The Kier molecular flexibility index (Phi) is 5.94. The molecule has 0 radical (unpaired) electrons. The van der Waals surface area contributed by atoms with E-state index in [1.807, 2.05) is 6.92 Å². The number of amides is 1. The topological polar surface area (TPSA) is 29.1 Å². The maximum Gasteiger partial charge on any atom is 0.219 e. The fourth-order valence-corrected chi connectivity index (χ4v) is 1.69. The molecule has 0 fully saturated rings. The van der Waals surface area contributed by atoms with E-state index in [1.165, 1.54) is 0 Å². The average Bonchev–Trinajstić information content (AvgIpc) is 2.21. The molecule has 0 saturated heterocycles. The van der Waals surface area contributed by atoms with E-state index < -0.39 is 0 Å². The summed E-state index contributed by atoms with van der Waals surface area (Å²) >= 11 is 0. The molecule has 0 aromatic carbocycles. The summed E-state index contributed by atoms with van der Waals surface area (Å²) in [5.41, 5.74) is 0.178. The van der Waals surface area contributed by atoms with Crippen molar-refractivity contribution in [2.75, 3.05) is 0 Å². The van der Waals surface area contributed by atoms with Crippen LogP contribution in [0.15, 0.2) is 12.2 Å². The summed E-state index contributed by atoms with van der Waals surface area (Å²) in [7, 11) is 0. The molecule has 0 aromatic rings. The quantitative estimate of drug-likeness (QED) is 0.724. The predicted octanol–water partition coefficient (Wildman–Crippen LogP) is 3.92. The van der Waals surface area contributed by atoms with Gasteiger partial charge in [-0.2, -0.15) is 0 Å². The highest BCUT2D eigenvalue weighted by atomic mass is 16.1. The maximum atomic E-state index is 11.5. The van der Waals surface area contributed by atoms with Crippen LogP contribution in [0.5, 0.6) is 0 Å². The third-order valence-corrected chi connectivity index (χ3v) is 2.98. The lowest BCUT2D eigenvalue weighted by atomic mass is 9.80. The first-order chi connectivity index (χ1) is 7.62. The molecular formula is C15H29NO. The molecule has 0 heterocycles. The zero-order valence-corrected chi connectivity index (χ0v) is 12.6. The van der Waals surface area contributed by atoms with E-state index in [4.69, 9.17) is 0 Å². The Morgan fingerprint density at radius 2 is 1.65 bits per heavy atom. The van der Waals surface area contributed by atoms with Crippen LogP contribution in [-0.2, 0) is 4.79 Å². The second-order valence-corrected chi connectivity index (χ2v) is 6.40. The molecule has 1 amide bonds. The molecule has 17 heavy (non-hydrogen) atoms. The van der Waals surface area contributed by atoms with Crippen molar-refractivity contribution < 1.29 is 4.79 Å². The molecule has 100 valence electrons. The summed E-state index contributed by atoms with van der Waals surface area (Å²) in [6, 6.07) is 0.202. The van der Waals surface area contributed by atoms with Crippen LogP contribution in [0.1, 0.15) is 61.3 Å². The van der Waals surface area contributed by atoms with Gasteiger partial charge in [0.25, 0.3) is 0 Å². The van der Waals surface area contributed by atoms with Gasteiger partial charge in [0, 0.05) is 17.9 Å². The van der Waals surface area contributed by atoms with Crippen molar-refractivity contribution in [3.63, 3.8) is 0 Å². The van der Waals surface area contributed by atoms with Crippen LogP contribution in [0.3, 0.4) is 0 Å². The number of nitrogens with one attached hydrogen (secondary N) is 1. The largest absolute Gasteiger partial charge is 0.353 e. The number of allylic oxidation sites excluding steroid dienone is 1. The molecule has 1 unspecified atom stereocenters. The molecule has 0 aliphatic rings. The molecule has 0 aliphatic heterocycles. The van der Waals surface area contributed by atoms with Crippen molar-refractivity contribution in [2.45, 2.75) is 67.3 Å². The van der Waals surface area contributed by atoms with Gasteiger partial charge in [-0.05, 0) is 11.8 Å². The Hall–Kier alpha value is -0.790. The molecule has 0 saturated carbocycles. The van der Waals surface area contributed by atoms with Crippen LogP contribution in [-0.4, -0.2) is 11.9 Å². The van der Waals surface area contributed by atoms with Gasteiger partial charge < -0.3 is 5.32 Å². The lowest BCUT2D eigenvalue weighted by Crippen LogP contribution is -2.43. The van der Waals surface area contributed by atoms with E-state index in [0.29, 0.717) is 6.42 Å². The van der Waals surface area contributed by atoms with Crippen LogP contribution in [0.2, 0.25) is 0 Å². The molecule has 0 aromatic heterocycles. The zero-order valence-electron chi connectivity index (χ0n) is 12.6. The van der Waals surface area contributed by atoms with Gasteiger partial charge in [-0.1, -0.05) is 60.6 Å². The first kappa shape index (κ1) is 16.2. The first-order valence-electron chi connectivity index (χ1n) is 6.62. The minimum atomic E-state index is -0.00708. The second kappa shape index (κ2) is 6.23. The zero-order chi connectivity index (χ0) is 13.7. The SMILES string of the molecule is CCC(=O)NC(CC)C(C)(C)/C=C/C(C)(C)C. The van der Waals surface area contributed by atoms with Gasteiger partial charge in [0.15, 0.2) is 0 Å². The fourth-order valence-electron chi connectivity index (χ4n) is 1.69. The van der Waals surface area contributed by atoms with Gasteiger partial charge >= 0.3 is 0 Å². The molecule has 1 N–H and O–H groups in total.